The molecule has 2 aliphatic heterocycles. The summed E-state index contributed by atoms with van der Waals surface area (Å²) in [6.07, 6.45) is 2.33. The van der Waals surface area contributed by atoms with Crippen molar-refractivity contribution in [2.45, 2.75) is 31.8 Å². The van der Waals surface area contributed by atoms with Crippen LogP contribution in [0.5, 0.6) is 5.75 Å². The molecular formula is C19H19Cl2NO. The Morgan fingerprint density at radius 1 is 1.22 bits per heavy atom. The maximum absolute atomic E-state index is 6.42. The molecule has 2 aliphatic rings. The van der Waals surface area contributed by atoms with Crippen LogP contribution >= 0.6 is 23.2 Å². The zero-order valence-corrected chi connectivity index (χ0v) is 14.5. The lowest BCUT2D eigenvalue weighted by Gasteiger charge is -2.24. The first-order valence-electron chi connectivity index (χ1n) is 8.17. The fraction of sp³-hybridized carbons (Fsp3) is 0.368. The van der Waals surface area contributed by atoms with E-state index in [1.807, 2.05) is 12.1 Å². The molecule has 1 fully saturated rings. The van der Waals surface area contributed by atoms with Gasteiger partial charge in [0.05, 0.1) is 0 Å². The Morgan fingerprint density at radius 3 is 2.87 bits per heavy atom. The smallest absolute Gasteiger partial charge is 0.126 e. The van der Waals surface area contributed by atoms with Crippen LogP contribution in [0.15, 0.2) is 30.3 Å². The Bertz CT molecular complexity index is 759. The van der Waals surface area contributed by atoms with E-state index in [1.54, 1.807) is 6.07 Å². The molecule has 23 heavy (non-hydrogen) atoms. The Morgan fingerprint density at radius 2 is 2.09 bits per heavy atom. The quantitative estimate of drug-likeness (QED) is 0.819. The molecule has 0 amide bonds. The molecular weight excluding hydrogens is 329 g/mol. The largest absolute Gasteiger partial charge is 0.489 e. The average Bonchev–Trinajstić information content (AvgIpc) is 2.92. The van der Waals surface area contributed by atoms with Crippen molar-refractivity contribution in [3.8, 4) is 16.9 Å². The number of aryl methyl sites for hydroxylation is 1. The van der Waals surface area contributed by atoms with Crippen LogP contribution in [0, 0.1) is 0 Å². The number of halogens is 2. The minimum Gasteiger partial charge on any atom is -0.489 e. The topological polar surface area (TPSA) is 21.3 Å². The van der Waals surface area contributed by atoms with Gasteiger partial charge in [0.25, 0.3) is 0 Å². The van der Waals surface area contributed by atoms with Crippen LogP contribution < -0.4 is 10.1 Å². The summed E-state index contributed by atoms with van der Waals surface area (Å²) in [6.45, 7) is 4.19. The van der Waals surface area contributed by atoms with E-state index in [9.17, 15) is 0 Å². The Kier molecular flexibility index (Phi) is 4.00. The van der Waals surface area contributed by atoms with E-state index >= 15 is 0 Å². The van der Waals surface area contributed by atoms with Crippen LogP contribution in [-0.2, 0) is 6.42 Å². The van der Waals surface area contributed by atoms with Crippen molar-refractivity contribution in [3.63, 3.8) is 0 Å². The highest BCUT2D eigenvalue weighted by atomic mass is 35.5. The van der Waals surface area contributed by atoms with Gasteiger partial charge in [-0.1, -0.05) is 36.2 Å². The highest BCUT2D eigenvalue weighted by Gasteiger charge is 2.37. The predicted octanol–water partition coefficient (Wildman–Crippen LogP) is 5.06. The third-order valence-corrected chi connectivity index (χ3v) is 5.45. The van der Waals surface area contributed by atoms with Gasteiger partial charge in [-0.2, -0.15) is 0 Å². The molecule has 2 aromatic rings. The zero-order valence-electron chi connectivity index (χ0n) is 13.0. The van der Waals surface area contributed by atoms with Gasteiger partial charge < -0.3 is 10.1 Å². The van der Waals surface area contributed by atoms with Gasteiger partial charge in [-0.25, -0.2) is 0 Å². The predicted molar refractivity (Wildman–Crippen MR) is 95.9 cm³/mol. The first-order chi connectivity index (χ1) is 11.2. The average molecular weight is 348 g/mol. The molecule has 4 rings (SSSR count). The molecule has 0 aromatic heterocycles. The molecule has 2 aromatic carbocycles. The summed E-state index contributed by atoms with van der Waals surface area (Å²) in [5, 5.41) is 4.84. The number of hydrogen-bond donors (Lipinski definition) is 1. The SMILES string of the molecule is CCc1cc(-c2ccc(Cl)cc2Cl)cc2c1O[C@H]1CCNC[C@@H]21. The number of nitrogens with one attached hydrogen (secondary N) is 1. The van der Waals surface area contributed by atoms with Crippen LogP contribution in [0.1, 0.15) is 30.4 Å². The number of benzene rings is 2. The molecule has 1 N–H and O–H groups in total. The molecule has 0 spiro atoms. The summed E-state index contributed by atoms with van der Waals surface area (Å²) >= 11 is 12.5. The molecule has 0 unspecified atom stereocenters. The van der Waals surface area contributed by atoms with Crippen LogP contribution in [0.2, 0.25) is 10.0 Å². The fourth-order valence-corrected chi connectivity index (χ4v) is 4.23. The number of piperidine rings is 1. The highest BCUT2D eigenvalue weighted by Crippen LogP contribution is 2.45. The van der Waals surface area contributed by atoms with Crippen molar-refractivity contribution >= 4 is 23.2 Å². The van der Waals surface area contributed by atoms with Gasteiger partial charge in [-0.05, 0) is 54.8 Å². The third kappa shape index (κ3) is 2.63. The van der Waals surface area contributed by atoms with E-state index in [0.717, 1.165) is 42.8 Å². The minimum absolute atomic E-state index is 0.312. The van der Waals surface area contributed by atoms with Crippen molar-refractivity contribution in [1.82, 2.24) is 5.32 Å². The second-order valence-electron chi connectivity index (χ2n) is 6.29. The molecule has 2 atom stereocenters. The van der Waals surface area contributed by atoms with Crippen LogP contribution in [0.4, 0.5) is 0 Å². The Labute approximate surface area is 146 Å². The lowest BCUT2D eigenvalue weighted by atomic mass is 9.87. The van der Waals surface area contributed by atoms with Crippen LogP contribution in [0.25, 0.3) is 11.1 Å². The molecule has 0 bridgehead atoms. The van der Waals surface area contributed by atoms with Crippen molar-refractivity contribution in [3.05, 3.63) is 51.5 Å². The van der Waals surface area contributed by atoms with E-state index in [-0.39, 0.29) is 0 Å². The van der Waals surface area contributed by atoms with Gasteiger partial charge in [-0.3, -0.25) is 0 Å². The second-order valence-corrected chi connectivity index (χ2v) is 7.13. The maximum Gasteiger partial charge on any atom is 0.126 e. The number of hydrogen-bond acceptors (Lipinski definition) is 2. The number of rotatable bonds is 2. The van der Waals surface area contributed by atoms with Gasteiger partial charge >= 0.3 is 0 Å². The summed E-state index contributed by atoms with van der Waals surface area (Å²) in [5.41, 5.74) is 4.76. The first-order valence-corrected chi connectivity index (χ1v) is 8.92. The second kappa shape index (κ2) is 6.01. The summed E-state index contributed by atoms with van der Waals surface area (Å²) in [6, 6.07) is 10.2. The van der Waals surface area contributed by atoms with Gasteiger partial charge in [0.1, 0.15) is 11.9 Å². The van der Waals surface area contributed by atoms with Gasteiger partial charge in [0.15, 0.2) is 0 Å². The first kappa shape index (κ1) is 15.3. The molecule has 0 aliphatic carbocycles. The Hall–Kier alpha value is -1.22. The van der Waals surface area contributed by atoms with Crippen LogP contribution in [0.3, 0.4) is 0 Å². The molecule has 0 radical (unpaired) electrons. The fourth-order valence-electron chi connectivity index (χ4n) is 3.71. The molecule has 1 saturated heterocycles. The third-order valence-electron chi connectivity index (χ3n) is 4.90. The van der Waals surface area contributed by atoms with Crippen LogP contribution in [-0.4, -0.2) is 19.2 Å². The molecule has 0 saturated carbocycles. The summed E-state index contributed by atoms with van der Waals surface area (Å²) in [4.78, 5) is 0. The molecule has 2 heterocycles. The van der Waals surface area contributed by atoms with Crippen molar-refractivity contribution in [2.75, 3.05) is 13.1 Å². The van der Waals surface area contributed by atoms with Crippen molar-refractivity contribution < 1.29 is 4.74 Å². The standard InChI is InChI=1S/C19H19Cl2NO/c1-2-11-7-12(14-4-3-13(20)9-17(14)21)8-15-16-10-22-6-5-18(16)23-19(11)15/h3-4,7-9,16,18,22H,2,5-6,10H2,1H3/t16-,18-/m0/s1. The van der Waals surface area contributed by atoms with E-state index in [0.29, 0.717) is 22.1 Å². The van der Waals surface area contributed by atoms with Gasteiger partial charge in [0.2, 0.25) is 0 Å². The number of fused-ring (bicyclic) bond motifs is 3. The lowest BCUT2D eigenvalue weighted by molar-refractivity contribution is 0.171. The van der Waals surface area contributed by atoms with Gasteiger partial charge in [-0.15, -0.1) is 0 Å². The summed E-state index contributed by atoms with van der Waals surface area (Å²) in [7, 11) is 0. The van der Waals surface area contributed by atoms with E-state index in [4.69, 9.17) is 27.9 Å². The highest BCUT2D eigenvalue weighted by molar-refractivity contribution is 6.36. The monoisotopic (exact) mass is 347 g/mol. The van der Waals surface area contributed by atoms with Crippen molar-refractivity contribution in [1.29, 1.82) is 0 Å². The summed E-state index contributed by atoms with van der Waals surface area (Å²) in [5.74, 6) is 1.54. The van der Waals surface area contributed by atoms with Gasteiger partial charge in [0, 0.05) is 33.6 Å². The zero-order chi connectivity index (χ0) is 16.0. The molecule has 4 heteroatoms. The van der Waals surface area contributed by atoms with E-state index in [1.165, 1.54) is 11.1 Å². The minimum atomic E-state index is 0.312. The Balaban J connectivity index is 1.84. The maximum atomic E-state index is 6.42. The van der Waals surface area contributed by atoms with Crippen molar-refractivity contribution in [2.24, 2.45) is 0 Å². The van der Waals surface area contributed by atoms with E-state index < -0.39 is 0 Å². The lowest BCUT2D eigenvalue weighted by Crippen LogP contribution is -2.37. The normalized spacial score (nSPS) is 22.4. The van der Waals surface area contributed by atoms with E-state index in [2.05, 4.69) is 24.4 Å². The summed E-state index contributed by atoms with van der Waals surface area (Å²) < 4.78 is 6.28. The molecule has 120 valence electrons. The number of ether oxygens (including phenoxy) is 1. The molecule has 2 nitrogen and oxygen atoms in total.